The summed E-state index contributed by atoms with van der Waals surface area (Å²) >= 11 is 0. The van der Waals surface area contributed by atoms with Gasteiger partial charge in [-0.1, -0.05) is 43.3 Å². The summed E-state index contributed by atoms with van der Waals surface area (Å²) in [6, 6.07) is 16.6. The van der Waals surface area contributed by atoms with Gasteiger partial charge in [-0.3, -0.25) is 4.90 Å². The molecule has 0 aromatic heterocycles. The van der Waals surface area contributed by atoms with Crippen molar-refractivity contribution >= 4 is 35.6 Å². The van der Waals surface area contributed by atoms with Crippen LogP contribution in [-0.2, 0) is 19.5 Å². The van der Waals surface area contributed by atoms with Gasteiger partial charge in [0, 0.05) is 25.3 Å². The number of aliphatic hydroxyl groups excluding tert-OH is 1. The van der Waals surface area contributed by atoms with Crippen LogP contribution in [0.2, 0.25) is 0 Å². The lowest BCUT2D eigenvalue weighted by Gasteiger charge is -2.30. The van der Waals surface area contributed by atoms with Gasteiger partial charge in [0.15, 0.2) is 5.96 Å². The highest BCUT2D eigenvalue weighted by Crippen LogP contribution is 2.17. The molecule has 152 valence electrons. The van der Waals surface area contributed by atoms with Crippen molar-refractivity contribution in [2.45, 2.75) is 45.4 Å². The number of aryl methyl sites for hydroxylation is 1. The van der Waals surface area contributed by atoms with E-state index in [-0.39, 0.29) is 30.1 Å². The van der Waals surface area contributed by atoms with Gasteiger partial charge < -0.3 is 16.2 Å². The molecule has 4 N–H and O–H groups in total. The van der Waals surface area contributed by atoms with E-state index in [1.165, 1.54) is 16.7 Å². The molecule has 6 heteroatoms. The van der Waals surface area contributed by atoms with E-state index in [4.69, 9.17) is 5.73 Å². The third-order valence-electron chi connectivity index (χ3n) is 5.12. The number of hydrogen-bond acceptors (Lipinski definition) is 3. The van der Waals surface area contributed by atoms with Gasteiger partial charge in [0.05, 0.1) is 12.6 Å². The minimum Gasteiger partial charge on any atom is -0.393 e. The highest BCUT2D eigenvalue weighted by molar-refractivity contribution is 14.0. The molecule has 0 atom stereocenters. The van der Waals surface area contributed by atoms with E-state index in [0.717, 1.165) is 44.6 Å². The van der Waals surface area contributed by atoms with Gasteiger partial charge in [-0.15, -0.1) is 24.0 Å². The van der Waals surface area contributed by atoms with Gasteiger partial charge in [0.2, 0.25) is 0 Å². The molecular formula is C22H31IN4O. The molecule has 28 heavy (non-hydrogen) atoms. The van der Waals surface area contributed by atoms with Crippen LogP contribution in [0.5, 0.6) is 0 Å². The lowest BCUT2D eigenvalue weighted by molar-refractivity contribution is 0.0791. The molecule has 1 heterocycles. The number of aliphatic imine (C=N–C) groups is 1. The van der Waals surface area contributed by atoms with Crippen LogP contribution in [0, 0.1) is 0 Å². The quantitative estimate of drug-likeness (QED) is 0.325. The minimum absolute atomic E-state index is 0. The van der Waals surface area contributed by atoms with Crippen molar-refractivity contribution in [1.82, 2.24) is 4.90 Å². The highest BCUT2D eigenvalue weighted by Gasteiger charge is 2.17. The lowest BCUT2D eigenvalue weighted by Crippen LogP contribution is -2.35. The second-order valence-electron chi connectivity index (χ2n) is 7.15. The molecule has 5 nitrogen and oxygen atoms in total. The maximum atomic E-state index is 9.68. The zero-order chi connectivity index (χ0) is 19.1. The van der Waals surface area contributed by atoms with E-state index in [1.54, 1.807) is 0 Å². The van der Waals surface area contributed by atoms with Crippen LogP contribution in [0.25, 0.3) is 0 Å². The second kappa shape index (κ2) is 11.4. The molecule has 2 aromatic rings. The number of anilines is 1. The fourth-order valence-corrected chi connectivity index (χ4v) is 3.37. The maximum absolute atomic E-state index is 9.68. The molecule has 0 amide bonds. The smallest absolute Gasteiger partial charge is 0.193 e. The summed E-state index contributed by atoms with van der Waals surface area (Å²) in [5, 5.41) is 12.8. The molecule has 0 aliphatic carbocycles. The van der Waals surface area contributed by atoms with Crippen LogP contribution in [0.1, 0.15) is 36.5 Å². The first kappa shape index (κ1) is 22.6. The Morgan fingerprint density at radius 1 is 1.11 bits per heavy atom. The Morgan fingerprint density at radius 3 is 2.39 bits per heavy atom. The third-order valence-corrected chi connectivity index (χ3v) is 5.12. The fraction of sp³-hybridized carbons (Fsp3) is 0.409. The Kier molecular flexibility index (Phi) is 9.21. The molecule has 0 saturated carbocycles. The first-order valence-corrected chi connectivity index (χ1v) is 9.77. The first-order valence-electron chi connectivity index (χ1n) is 9.77. The summed E-state index contributed by atoms with van der Waals surface area (Å²) in [5.41, 5.74) is 10.8. The van der Waals surface area contributed by atoms with Crippen molar-refractivity contribution < 1.29 is 5.11 Å². The maximum Gasteiger partial charge on any atom is 0.193 e. The van der Waals surface area contributed by atoms with Gasteiger partial charge >= 0.3 is 0 Å². The van der Waals surface area contributed by atoms with E-state index in [0.29, 0.717) is 12.5 Å². The summed E-state index contributed by atoms with van der Waals surface area (Å²) in [6.45, 7) is 5.47. The van der Waals surface area contributed by atoms with Gasteiger partial charge in [0.25, 0.3) is 0 Å². The van der Waals surface area contributed by atoms with E-state index >= 15 is 0 Å². The number of nitrogens with zero attached hydrogens (tertiary/aromatic N) is 2. The molecule has 3 rings (SSSR count). The van der Waals surface area contributed by atoms with Crippen LogP contribution in [0.15, 0.2) is 53.5 Å². The van der Waals surface area contributed by atoms with Gasteiger partial charge in [-0.2, -0.15) is 0 Å². The third kappa shape index (κ3) is 6.76. The lowest BCUT2D eigenvalue weighted by atomic mass is 10.0. The predicted molar refractivity (Wildman–Crippen MR) is 127 cm³/mol. The predicted octanol–water partition coefficient (Wildman–Crippen LogP) is 3.75. The van der Waals surface area contributed by atoms with E-state index in [2.05, 4.69) is 52.5 Å². The summed E-state index contributed by atoms with van der Waals surface area (Å²) < 4.78 is 0. The van der Waals surface area contributed by atoms with Crippen LogP contribution < -0.4 is 11.1 Å². The molecule has 1 aliphatic rings. The van der Waals surface area contributed by atoms with Crippen LogP contribution in [0.4, 0.5) is 5.69 Å². The average Bonchev–Trinajstić information content (AvgIpc) is 2.69. The Labute approximate surface area is 185 Å². The number of rotatable bonds is 6. The molecule has 1 fully saturated rings. The molecule has 0 spiro atoms. The number of nitrogens with two attached hydrogens (primary N) is 1. The van der Waals surface area contributed by atoms with Crippen molar-refractivity contribution in [2.24, 2.45) is 10.7 Å². The average molecular weight is 494 g/mol. The molecule has 0 bridgehead atoms. The number of hydrogen-bond donors (Lipinski definition) is 3. The normalized spacial score (nSPS) is 15.9. The van der Waals surface area contributed by atoms with E-state index < -0.39 is 0 Å². The van der Waals surface area contributed by atoms with Crippen LogP contribution in [0.3, 0.4) is 0 Å². The molecule has 0 radical (unpaired) electrons. The van der Waals surface area contributed by atoms with Gasteiger partial charge in [-0.25, -0.2) is 4.99 Å². The molecular weight excluding hydrogens is 463 g/mol. The SMILES string of the molecule is CCc1ccc(NC(N)=NCc2ccccc2CN2CCC(O)CC2)cc1.I. The topological polar surface area (TPSA) is 73.9 Å². The number of guanidine groups is 1. The van der Waals surface area contributed by atoms with Crippen molar-refractivity contribution in [3.05, 3.63) is 65.2 Å². The number of benzene rings is 2. The van der Waals surface area contributed by atoms with Gasteiger partial charge in [-0.05, 0) is 48.1 Å². The summed E-state index contributed by atoms with van der Waals surface area (Å²) in [6.07, 6.45) is 2.59. The second-order valence-corrected chi connectivity index (χ2v) is 7.15. The number of halogens is 1. The van der Waals surface area contributed by atoms with Crippen molar-refractivity contribution in [2.75, 3.05) is 18.4 Å². The minimum atomic E-state index is -0.140. The van der Waals surface area contributed by atoms with Crippen molar-refractivity contribution in [3.63, 3.8) is 0 Å². The Morgan fingerprint density at radius 2 is 1.75 bits per heavy atom. The largest absolute Gasteiger partial charge is 0.393 e. The van der Waals surface area contributed by atoms with E-state index in [1.807, 2.05) is 18.2 Å². The standard InChI is InChI=1S/C22H30N4O.HI/c1-2-17-7-9-20(10-8-17)25-22(23)24-15-18-5-3-4-6-19(18)16-26-13-11-21(27)12-14-26;/h3-10,21,27H,2,11-16H2,1H3,(H3,23,24,25);1H. The number of aliphatic hydroxyl groups is 1. The monoisotopic (exact) mass is 494 g/mol. The molecule has 1 aliphatic heterocycles. The Hall–Kier alpha value is -1.64. The summed E-state index contributed by atoms with van der Waals surface area (Å²) in [7, 11) is 0. The Bertz CT molecular complexity index is 755. The first-order chi connectivity index (χ1) is 13.1. The molecule has 2 aromatic carbocycles. The molecule has 1 saturated heterocycles. The zero-order valence-electron chi connectivity index (χ0n) is 16.5. The van der Waals surface area contributed by atoms with Crippen LogP contribution >= 0.6 is 24.0 Å². The van der Waals surface area contributed by atoms with Crippen molar-refractivity contribution in [1.29, 1.82) is 0 Å². The highest BCUT2D eigenvalue weighted by atomic mass is 127. The summed E-state index contributed by atoms with van der Waals surface area (Å²) in [5.74, 6) is 0.426. The number of nitrogens with one attached hydrogen (secondary N) is 1. The number of piperidine rings is 1. The Balaban J connectivity index is 0.00000280. The van der Waals surface area contributed by atoms with E-state index in [9.17, 15) is 5.11 Å². The molecule has 0 unspecified atom stereocenters. The van der Waals surface area contributed by atoms with Crippen LogP contribution in [-0.4, -0.2) is 35.2 Å². The zero-order valence-corrected chi connectivity index (χ0v) is 18.8. The van der Waals surface area contributed by atoms with Crippen molar-refractivity contribution in [3.8, 4) is 0 Å². The fourth-order valence-electron chi connectivity index (χ4n) is 3.37. The number of likely N-dealkylation sites (tertiary alicyclic amines) is 1. The summed E-state index contributed by atoms with van der Waals surface area (Å²) in [4.78, 5) is 6.92. The van der Waals surface area contributed by atoms with Gasteiger partial charge in [0.1, 0.15) is 0 Å².